The van der Waals surface area contributed by atoms with E-state index < -0.39 is 22.4 Å². The molecule has 0 amide bonds. The van der Waals surface area contributed by atoms with Crippen LogP contribution in [0.5, 0.6) is 5.75 Å². The van der Waals surface area contributed by atoms with Crippen LogP contribution in [0.3, 0.4) is 0 Å². The summed E-state index contributed by atoms with van der Waals surface area (Å²) < 4.78 is 2.21. The van der Waals surface area contributed by atoms with E-state index in [4.69, 9.17) is 16.6 Å². The number of thiazole rings is 1. The maximum absolute atomic E-state index is 13.8. The van der Waals surface area contributed by atoms with E-state index in [1.807, 2.05) is 36.4 Å². The van der Waals surface area contributed by atoms with Crippen molar-refractivity contribution in [3.8, 4) is 5.75 Å². The van der Waals surface area contributed by atoms with E-state index in [1.54, 1.807) is 10.6 Å². The number of aryl methyl sites for hydroxylation is 1. The summed E-state index contributed by atoms with van der Waals surface area (Å²) in [7, 11) is 0. The highest BCUT2D eigenvalue weighted by atomic mass is 79.9. The first-order valence-corrected chi connectivity index (χ1v) is 13.4. The lowest BCUT2D eigenvalue weighted by Crippen LogP contribution is -2.38. The molecule has 1 atom stereocenters. The van der Waals surface area contributed by atoms with Crippen LogP contribution in [0, 0.1) is 10.1 Å². The van der Waals surface area contributed by atoms with Crippen molar-refractivity contribution in [3.63, 3.8) is 0 Å². The predicted molar refractivity (Wildman–Crippen MR) is 147 cm³/mol. The van der Waals surface area contributed by atoms with Crippen LogP contribution in [0.15, 0.2) is 80.5 Å². The first-order valence-electron chi connectivity index (χ1n) is 11.4. The molecule has 0 saturated carbocycles. The van der Waals surface area contributed by atoms with E-state index in [9.17, 15) is 20.0 Å². The molecule has 0 radical (unpaired) electrons. The number of aromatic nitrogens is 1. The molecule has 0 bridgehead atoms. The van der Waals surface area contributed by atoms with Crippen molar-refractivity contribution in [3.05, 3.63) is 128 Å². The molecule has 184 valence electrons. The van der Waals surface area contributed by atoms with Crippen molar-refractivity contribution in [1.29, 1.82) is 0 Å². The van der Waals surface area contributed by atoms with Gasteiger partial charge in [0.05, 0.1) is 25.7 Å². The van der Waals surface area contributed by atoms with Gasteiger partial charge >= 0.3 is 5.69 Å². The van der Waals surface area contributed by atoms with E-state index in [0.717, 1.165) is 35.2 Å². The summed E-state index contributed by atoms with van der Waals surface area (Å²) in [6.45, 7) is 0. The molecular weight excluding hydrogens is 578 g/mol. The number of aromatic hydroxyl groups is 1. The maximum atomic E-state index is 13.8. The average Bonchev–Trinajstić information content (AvgIpc) is 3.19. The molecule has 1 aliphatic carbocycles. The number of hydrogen-bond donors (Lipinski definition) is 1. The molecule has 0 saturated heterocycles. The van der Waals surface area contributed by atoms with Gasteiger partial charge in [0, 0.05) is 16.7 Å². The zero-order chi connectivity index (χ0) is 25.8. The Morgan fingerprint density at radius 1 is 1.16 bits per heavy atom. The zero-order valence-corrected chi connectivity index (χ0v) is 22.2. The second-order valence-electron chi connectivity index (χ2n) is 8.76. The molecule has 1 N–H and O–H groups in total. The number of fused-ring (bicyclic) bond motifs is 3. The normalized spacial score (nSPS) is 16.6. The highest BCUT2D eigenvalue weighted by molar-refractivity contribution is 9.10. The van der Waals surface area contributed by atoms with Crippen molar-refractivity contribution >= 4 is 56.3 Å². The van der Waals surface area contributed by atoms with Gasteiger partial charge in [0.25, 0.3) is 5.56 Å². The predicted octanol–water partition coefficient (Wildman–Crippen LogP) is 5.35. The monoisotopic (exact) mass is 593 g/mol. The highest BCUT2D eigenvalue weighted by Gasteiger charge is 2.33. The SMILES string of the molecule is O=c1/c(=C/c2cc(Br)c(O)c([N+](=O)[O-])c2)sc2n1[C@@H](c1ccccc1Cl)C1=C(N=2)c2ccccc2CC1. The highest BCUT2D eigenvalue weighted by Crippen LogP contribution is 2.42. The van der Waals surface area contributed by atoms with Crippen LogP contribution >= 0.6 is 38.9 Å². The number of phenolic OH excluding ortho intramolecular Hbond substituents is 1. The molecule has 0 fully saturated rings. The van der Waals surface area contributed by atoms with Gasteiger partial charge in [-0.25, -0.2) is 4.99 Å². The number of nitro benzene ring substituents is 1. The first-order chi connectivity index (χ1) is 17.8. The molecule has 37 heavy (non-hydrogen) atoms. The summed E-state index contributed by atoms with van der Waals surface area (Å²) in [5.74, 6) is -0.464. The standard InChI is InChI=1S/C27H17BrClN3O4S/c28-19-11-14(12-21(25(19)33)32(35)36)13-22-26(34)31-24(17-7-3-4-8-20(17)29)18-10-9-15-5-1-2-6-16(15)23(18)30-27(31)37-22/h1-8,11-13,24,33H,9-10H2/b22-13-/t24-/m0/s1. The minimum atomic E-state index is -0.665. The van der Waals surface area contributed by atoms with E-state index >= 15 is 0 Å². The summed E-state index contributed by atoms with van der Waals surface area (Å²) in [4.78, 5) is 30.0. The molecule has 4 aromatic rings. The second kappa shape index (κ2) is 9.09. The Morgan fingerprint density at radius 3 is 2.70 bits per heavy atom. The maximum Gasteiger partial charge on any atom is 0.312 e. The van der Waals surface area contributed by atoms with Gasteiger partial charge in [-0.1, -0.05) is 65.4 Å². The van der Waals surface area contributed by atoms with Crippen molar-refractivity contribution in [2.75, 3.05) is 0 Å². The summed E-state index contributed by atoms with van der Waals surface area (Å²) in [6.07, 6.45) is 3.16. The Balaban J connectivity index is 1.63. The Morgan fingerprint density at radius 2 is 1.92 bits per heavy atom. The molecule has 1 aliphatic heterocycles. The van der Waals surface area contributed by atoms with Gasteiger partial charge in [-0.2, -0.15) is 0 Å². The molecule has 2 aliphatic rings. The number of hydrogen-bond acceptors (Lipinski definition) is 6. The van der Waals surface area contributed by atoms with Crippen molar-refractivity contribution in [2.45, 2.75) is 18.9 Å². The van der Waals surface area contributed by atoms with E-state index in [1.165, 1.54) is 29.0 Å². The fourth-order valence-corrected chi connectivity index (χ4v) is 6.68. The van der Waals surface area contributed by atoms with Gasteiger partial charge in [-0.15, -0.1) is 0 Å². The Labute approximate surface area is 227 Å². The summed E-state index contributed by atoms with van der Waals surface area (Å²) in [5, 5.41) is 22.0. The zero-order valence-electron chi connectivity index (χ0n) is 19.0. The van der Waals surface area contributed by atoms with Crippen LogP contribution in [0.2, 0.25) is 5.02 Å². The number of nitrogens with zero attached hydrogens (tertiary/aromatic N) is 3. The number of halogens is 2. The Kier molecular flexibility index (Phi) is 5.86. The van der Waals surface area contributed by atoms with Gasteiger partial charge in [-0.05, 0) is 69.2 Å². The smallest absolute Gasteiger partial charge is 0.312 e. The van der Waals surface area contributed by atoms with Crippen LogP contribution < -0.4 is 14.9 Å². The summed E-state index contributed by atoms with van der Waals surface area (Å²) in [5.41, 5.74) is 4.68. The molecule has 6 rings (SSSR count). The molecule has 3 aromatic carbocycles. The minimum absolute atomic E-state index is 0.168. The molecule has 0 spiro atoms. The topological polar surface area (TPSA) is 97.7 Å². The molecule has 1 aromatic heterocycles. The van der Waals surface area contributed by atoms with Crippen LogP contribution in [0.1, 0.15) is 34.7 Å². The van der Waals surface area contributed by atoms with Gasteiger partial charge in [0.1, 0.15) is 0 Å². The Bertz CT molecular complexity index is 1840. The number of allylic oxidation sites excluding steroid dienone is 1. The quantitative estimate of drug-likeness (QED) is 0.255. The van der Waals surface area contributed by atoms with Gasteiger partial charge < -0.3 is 5.11 Å². The number of nitro groups is 1. The van der Waals surface area contributed by atoms with Crippen LogP contribution in [0.25, 0.3) is 11.8 Å². The molecule has 0 unspecified atom stereocenters. The number of benzene rings is 3. The number of phenols is 1. The summed E-state index contributed by atoms with van der Waals surface area (Å²) >= 11 is 11.0. The fraction of sp³-hybridized carbons (Fsp3) is 0.111. The van der Waals surface area contributed by atoms with Crippen molar-refractivity contribution in [2.24, 2.45) is 4.99 Å². The molecule has 10 heteroatoms. The summed E-state index contributed by atoms with van der Waals surface area (Å²) in [6, 6.07) is 18.0. The third-order valence-electron chi connectivity index (χ3n) is 6.63. The van der Waals surface area contributed by atoms with Crippen molar-refractivity contribution < 1.29 is 10.0 Å². The second-order valence-corrected chi connectivity index (χ2v) is 11.0. The molecular formula is C27H17BrClN3O4S. The fourth-order valence-electron chi connectivity index (χ4n) is 4.97. The van der Waals surface area contributed by atoms with E-state index in [0.29, 0.717) is 19.9 Å². The third-order valence-corrected chi connectivity index (χ3v) is 8.56. The number of rotatable bonds is 3. The van der Waals surface area contributed by atoms with Gasteiger partial charge in [-0.3, -0.25) is 19.5 Å². The van der Waals surface area contributed by atoms with Crippen molar-refractivity contribution in [1.82, 2.24) is 4.57 Å². The molecule has 7 nitrogen and oxygen atoms in total. The van der Waals surface area contributed by atoms with Crippen LogP contribution in [-0.2, 0) is 6.42 Å². The lowest BCUT2D eigenvalue weighted by atomic mass is 9.83. The van der Waals surface area contributed by atoms with Gasteiger partial charge in [0.15, 0.2) is 4.80 Å². The van der Waals surface area contributed by atoms with Crippen LogP contribution in [0.4, 0.5) is 5.69 Å². The van der Waals surface area contributed by atoms with Gasteiger partial charge in [0.2, 0.25) is 5.75 Å². The largest absolute Gasteiger partial charge is 0.501 e. The van der Waals surface area contributed by atoms with E-state index in [-0.39, 0.29) is 10.0 Å². The lowest BCUT2D eigenvalue weighted by Gasteiger charge is -2.31. The average molecular weight is 595 g/mol. The lowest BCUT2D eigenvalue weighted by molar-refractivity contribution is -0.386. The van der Waals surface area contributed by atoms with Crippen LogP contribution in [-0.4, -0.2) is 14.6 Å². The minimum Gasteiger partial charge on any atom is -0.501 e. The van der Waals surface area contributed by atoms with E-state index in [2.05, 4.69) is 28.1 Å². The third kappa shape index (κ3) is 3.94. The molecule has 2 heterocycles. The first kappa shape index (κ1) is 23.8. The Hall–Kier alpha value is -3.53.